The minimum atomic E-state index is -0.703. The number of hydrogen-bond donors (Lipinski definition) is 3. The second kappa shape index (κ2) is 15.7. The van der Waals surface area contributed by atoms with Crippen LogP contribution in [0.25, 0.3) is 0 Å². The van der Waals surface area contributed by atoms with Crippen molar-refractivity contribution >= 4 is 5.97 Å². The Morgan fingerprint density at radius 1 is 0.862 bits per heavy atom. The first-order valence-electron chi connectivity index (χ1n) is 10.2. The molecule has 5 nitrogen and oxygen atoms in total. The van der Waals surface area contributed by atoms with Crippen LogP contribution in [-0.4, -0.2) is 45.7 Å². The van der Waals surface area contributed by atoms with Gasteiger partial charge >= 0.3 is 5.97 Å². The van der Waals surface area contributed by atoms with Crippen molar-refractivity contribution in [2.75, 3.05) is 0 Å². The zero-order chi connectivity index (χ0) is 21.3. The van der Waals surface area contributed by atoms with Crippen molar-refractivity contribution in [3.63, 3.8) is 0 Å². The molecule has 0 aromatic carbocycles. The molecule has 0 spiro atoms. The summed E-state index contributed by atoms with van der Waals surface area (Å²) in [5.41, 5.74) is 0. The molecule has 4 atom stereocenters. The van der Waals surface area contributed by atoms with Crippen LogP contribution in [0, 0.1) is 0 Å². The Morgan fingerprint density at radius 2 is 1.52 bits per heavy atom. The summed E-state index contributed by atoms with van der Waals surface area (Å²) in [5.74, 6) is -0.378. The molecule has 0 aromatic heterocycles. The summed E-state index contributed by atoms with van der Waals surface area (Å²) in [6.45, 7) is 1.87. The third-order valence-electron chi connectivity index (χ3n) is 4.24. The molecule has 0 saturated heterocycles. The van der Waals surface area contributed by atoms with Gasteiger partial charge in [-0.25, -0.2) is 4.79 Å². The van der Waals surface area contributed by atoms with E-state index in [0.29, 0.717) is 12.8 Å². The maximum absolute atomic E-state index is 11.7. The Hall–Kier alpha value is -2.21. The van der Waals surface area contributed by atoms with E-state index in [1.54, 1.807) is 54.7 Å². The molecule has 0 aliphatic carbocycles. The van der Waals surface area contributed by atoms with Crippen LogP contribution in [0.2, 0.25) is 0 Å². The second-order valence-corrected chi connectivity index (χ2v) is 7.09. The number of cyclic esters (lactones) is 1. The average molecular weight is 403 g/mol. The largest absolute Gasteiger partial charge is 0.460 e. The van der Waals surface area contributed by atoms with Gasteiger partial charge in [0.25, 0.3) is 0 Å². The highest BCUT2D eigenvalue weighted by Gasteiger charge is 2.07. The molecular formula is C24H34O5. The molecule has 1 aliphatic rings. The first kappa shape index (κ1) is 24.8. The Kier molecular flexibility index (Phi) is 13.4. The smallest absolute Gasteiger partial charge is 0.331 e. The summed E-state index contributed by atoms with van der Waals surface area (Å²) in [7, 11) is 0. The summed E-state index contributed by atoms with van der Waals surface area (Å²) >= 11 is 0. The summed E-state index contributed by atoms with van der Waals surface area (Å²) in [5, 5.41) is 29.8. The summed E-state index contributed by atoms with van der Waals surface area (Å²) < 4.78 is 5.31. The number of esters is 1. The van der Waals surface area contributed by atoms with E-state index in [2.05, 4.69) is 0 Å². The highest BCUT2D eigenvalue weighted by molar-refractivity contribution is 5.82. The van der Waals surface area contributed by atoms with E-state index in [1.807, 2.05) is 19.1 Å². The number of hydrogen-bond acceptors (Lipinski definition) is 5. The number of aliphatic hydroxyl groups is 3. The van der Waals surface area contributed by atoms with Crippen molar-refractivity contribution in [2.24, 2.45) is 0 Å². The molecule has 5 heteroatoms. The quantitative estimate of drug-likeness (QED) is 0.538. The number of allylic oxidation sites excluding steroid dienone is 7. The fourth-order valence-corrected chi connectivity index (χ4v) is 2.66. The highest BCUT2D eigenvalue weighted by Crippen LogP contribution is 2.08. The number of ether oxygens (including phenoxy) is 1. The molecule has 0 fully saturated rings. The molecule has 0 radical (unpaired) electrons. The second-order valence-electron chi connectivity index (χ2n) is 7.09. The number of carbonyl (C=O) groups is 1. The van der Waals surface area contributed by atoms with Crippen molar-refractivity contribution < 1.29 is 24.9 Å². The van der Waals surface area contributed by atoms with Gasteiger partial charge in [0.1, 0.15) is 0 Å². The maximum atomic E-state index is 11.7. The van der Waals surface area contributed by atoms with Gasteiger partial charge in [-0.3, -0.25) is 0 Å². The molecule has 0 saturated carbocycles. The lowest BCUT2D eigenvalue weighted by atomic mass is 10.1. The van der Waals surface area contributed by atoms with Crippen molar-refractivity contribution in [1.82, 2.24) is 0 Å². The zero-order valence-corrected chi connectivity index (χ0v) is 17.1. The Labute approximate surface area is 174 Å². The Balaban J connectivity index is 2.66. The van der Waals surface area contributed by atoms with Crippen LogP contribution in [0.1, 0.15) is 45.4 Å². The lowest BCUT2D eigenvalue weighted by Gasteiger charge is -2.10. The predicted octanol–water partition coefficient (Wildman–Crippen LogP) is 3.69. The number of rotatable bonds is 0. The van der Waals surface area contributed by atoms with Crippen LogP contribution >= 0.6 is 0 Å². The molecule has 1 rings (SSSR count). The van der Waals surface area contributed by atoms with Crippen LogP contribution in [0.3, 0.4) is 0 Å². The topological polar surface area (TPSA) is 87.0 Å². The van der Waals surface area contributed by atoms with E-state index >= 15 is 0 Å². The monoisotopic (exact) mass is 402 g/mol. The van der Waals surface area contributed by atoms with E-state index in [-0.39, 0.29) is 18.5 Å². The van der Waals surface area contributed by atoms with Crippen molar-refractivity contribution in [3.8, 4) is 0 Å². The van der Waals surface area contributed by atoms with E-state index in [9.17, 15) is 20.1 Å². The zero-order valence-electron chi connectivity index (χ0n) is 17.1. The molecule has 0 amide bonds. The van der Waals surface area contributed by atoms with Crippen molar-refractivity contribution in [1.29, 1.82) is 0 Å². The predicted molar refractivity (Wildman–Crippen MR) is 116 cm³/mol. The van der Waals surface area contributed by atoms with Gasteiger partial charge in [-0.2, -0.15) is 0 Å². The number of carbonyl (C=O) groups excluding carboxylic acids is 1. The van der Waals surface area contributed by atoms with Crippen LogP contribution in [0.5, 0.6) is 0 Å². The molecule has 1 heterocycles. The van der Waals surface area contributed by atoms with Gasteiger partial charge in [-0.1, -0.05) is 66.8 Å². The van der Waals surface area contributed by atoms with Crippen LogP contribution < -0.4 is 0 Å². The van der Waals surface area contributed by atoms with Gasteiger partial charge in [0.15, 0.2) is 0 Å². The standard InChI is InChI=1S/C24H34O5/c1-20-13-7-3-2-4-8-16-22(26)19-23(27)17-11-5-9-14-21(25)15-10-6-12-18-24(28)29-20/h2,4-6,8-12,14,16,18,20-23,25-27H,3,7,13,15,17,19H2,1H3/b4-2+,10-6+,11-5+,14-9+,16-8+,18-12-/t20-,21+,22-,23-/m1/s1. The van der Waals surface area contributed by atoms with Gasteiger partial charge in [0.05, 0.1) is 24.4 Å². The summed E-state index contributed by atoms with van der Waals surface area (Å²) in [4.78, 5) is 11.7. The van der Waals surface area contributed by atoms with Crippen LogP contribution in [0.4, 0.5) is 0 Å². The molecule has 29 heavy (non-hydrogen) atoms. The fraction of sp³-hybridized carbons (Fsp3) is 0.458. The van der Waals surface area contributed by atoms with Crippen molar-refractivity contribution in [3.05, 3.63) is 72.9 Å². The molecule has 1 aliphatic heterocycles. The van der Waals surface area contributed by atoms with Gasteiger partial charge in [-0.15, -0.1) is 0 Å². The van der Waals surface area contributed by atoms with E-state index in [4.69, 9.17) is 4.74 Å². The SMILES string of the molecule is C[C@@H]1CCC/C=C/C=C/[C@@H](O)C[C@H](O)C/C=C/C=C/[C@H](O)C/C=C/C=C\C(=O)O1. The number of aliphatic hydroxyl groups excluding tert-OH is 3. The Morgan fingerprint density at radius 3 is 2.31 bits per heavy atom. The van der Waals surface area contributed by atoms with E-state index in [1.165, 1.54) is 6.08 Å². The fourth-order valence-electron chi connectivity index (χ4n) is 2.66. The summed E-state index contributed by atoms with van der Waals surface area (Å²) in [6, 6.07) is 0. The minimum Gasteiger partial charge on any atom is -0.460 e. The van der Waals surface area contributed by atoms with Gasteiger partial charge in [-0.05, 0) is 39.0 Å². The average Bonchev–Trinajstić information content (AvgIpc) is 2.65. The normalized spacial score (nSPS) is 35.4. The Bertz CT molecular complexity index is 627. The molecule has 160 valence electrons. The van der Waals surface area contributed by atoms with Crippen molar-refractivity contribution in [2.45, 2.75) is 69.9 Å². The lowest BCUT2D eigenvalue weighted by Crippen LogP contribution is -2.14. The third kappa shape index (κ3) is 14.4. The van der Waals surface area contributed by atoms with Gasteiger partial charge in [0.2, 0.25) is 0 Å². The molecule has 0 aromatic rings. The third-order valence-corrected chi connectivity index (χ3v) is 4.24. The first-order chi connectivity index (χ1) is 14.0. The molecule has 3 N–H and O–H groups in total. The first-order valence-corrected chi connectivity index (χ1v) is 10.2. The highest BCUT2D eigenvalue weighted by atomic mass is 16.5. The van der Waals surface area contributed by atoms with Crippen LogP contribution in [0.15, 0.2) is 72.9 Å². The van der Waals surface area contributed by atoms with Crippen LogP contribution in [-0.2, 0) is 9.53 Å². The molecule has 0 bridgehead atoms. The molecular weight excluding hydrogens is 368 g/mol. The lowest BCUT2D eigenvalue weighted by molar-refractivity contribution is -0.142. The summed E-state index contributed by atoms with van der Waals surface area (Å²) in [6.07, 6.45) is 22.2. The van der Waals surface area contributed by atoms with Gasteiger partial charge < -0.3 is 20.1 Å². The maximum Gasteiger partial charge on any atom is 0.331 e. The van der Waals surface area contributed by atoms with E-state index in [0.717, 1.165) is 19.3 Å². The minimum absolute atomic E-state index is 0.158. The van der Waals surface area contributed by atoms with E-state index < -0.39 is 18.3 Å². The molecule has 0 unspecified atom stereocenters. The van der Waals surface area contributed by atoms with Gasteiger partial charge in [0, 0.05) is 12.5 Å².